The van der Waals surface area contributed by atoms with Gasteiger partial charge in [0.25, 0.3) is 0 Å². The molecule has 2 saturated heterocycles. The van der Waals surface area contributed by atoms with Crippen molar-refractivity contribution in [2.24, 2.45) is 10.4 Å². The zero-order chi connectivity index (χ0) is 18.9. The zero-order valence-electron chi connectivity index (χ0n) is 15.6. The molecule has 26 heavy (non-hydrogen) atoms. The van der Waals surface area contributed by atoms with Crippen molar-refractivity contribution in [2.75, 3.05) is 69.8 Å². The van der Waals surface area contributed by atoms with Crippen molar-refractivity contribution < 1.29 is 18.3 Å². The van der Waals surface area contributed by atoms with Crippen LogP contribution in [-0.4, -0.2) is 93.6 Å². The Morgan fingerprint density at radius 1 is 1.35 bits per heavy atom. The van der Waals surface area contributed by atoms with Crippen molar-refractivity contribution in [1.82, 2.24) is 14.9 Å². The van der Waals surface area contributed by atoms with Crippen LogP contribution >= 0.6 is 11.8 Å². The SMILES string of the molecule is CCNC(=NCC1(CCO)CCOC1)NCCS(=O)(=O)N1CCSCC1. The second-order valence-electron chi connectivity index (χ2n) is 6.73. The number of nitrogens with zero attached hydrogens (tertiary/aromatic N) is 2. The highest BCUT2D eigenvalue weighted by Gasteiger charge is 2.34. The lowest BCUT2D eigenvalue weighted by Crippen LogP contribution is -2.44. The first-order chi connectivity index (χ1) is 12.5. The van der Waals surface area contributed by atoms with Crippen molar-refractivity contribution >= 4 is 27.7 Å². The Morgan fingerprint density at radius 3 is 2.73 bits per heavy atom. The predicted molar refractivity (Wildman–Crippen MR) is 106 cm³/mol. The van der Waals surface area contributed by atoms with Gasteiger partial charge in [0.05, 0.1) is 18.9 Å². The molecule has 0 spiro atoms. The van der Waals surface area contributed by atoms with Gasteiger partial charge in [-0.1, -0.05) is 0 Å². The van der Waals surface area contributed by atoms with Gasteiger partial charge < -0.3 is 20.5 Å². The van der Waals surface area contributed by atoms with Crippen LogP contribution in [0.25, 0.3) is 0 Å². The van der Waals surface area contributed by atoms with Gasteiger partial charge in [0.1, 0.15) is 0 Å². The van der Waals surface area contributed by atoms with E-state index in [2.05, 4.69) is 15.6 Å². The van der Waals surface area contributed by atoms with Gasteiger partial charge in [-0.25, -0.2) is 12.7 Å². The lowest BCUT2D eigenvalue weighted by Gasteiger charge is -2.26. The smallest absolute Gasteiger partial charge is 0.215 e. The average Bonchev–Trinajstić information content (AvgIpc) is 3.09. The monoisotopic (exact) mass is 408 g/mol. The number of hydrogen-bond acceptors (Lipinski definition) is 6. The third-order valence-corrected chi connectivity index (χ3v) is 7.57. The van der Waals surface area contributed by atoms with Gasteiger partial charge >= 0.3 is 0 Å². The summed E-state index contributed by atoms with van der Waals surface area (Å²) in [4.78, 5) is 4.61. The van der Waals surface area contributed by atoms with Crippen molar-refractivity contribution in [3.05, 3.63) is 0 Å². The Morgan fingerprint density at radius 2 is 2.12 bits per heavy atom. The molecule has 2 rings (SSSR count). The van der Waals surface area contributed by atoms with E-state index in [0.717, 1.165) is 17.9 Å². The molecule has 2 aliphatic rings. The van der Waals surface area contributed by atoms with Gasteiger partial charge in [-0.05, 0) is 19.8 Å². The Kier molecular flexibility index (Phi) is 8.95. The highest BCUT2D eigenvalue weighted by atomic mass is 32.2. The van der Waals surface area contributed by atoms with Crippen LogP contribution in [0.1, 0.15) is 19.8 Å². The highest BCUT2D eigenvalue weighted by molar-refractivity contribution is 7.99. The van der Waals surface area contributed by atoms with E-state index in [9.17, 15) is 13.5 Å². The minimum absolute atomic E-state index is 0.0625. The van der Waals surface area contributed by atoms with E-state index in [0.29, 0.717) is 58.3 Å². The normalized spacial score (nSPS) is 25.4. The van der Waals surface area contributed by atoms with Gasteiger partial charge in [-0.2, -0.15) is 11.8 Å². The summed E-state index contributed by atoms with van der Waals surface area (Å²) in [6, 6.07) is 0. The molecule has 0 aromatic rings. The van der Waals surface area contributed by atoms with Crippen molar-refractivity contribution in [3.63, 3.8) is 0 Å². The maximum atomic E-state index is 12.4. The van der Waals surface area contributed by atoms with Gasteiger partial charge in [0.15, 0.2) is 5.96 Å². The minimum atomic E-state index is -3.22. The molecule has 152 valence electrons. The summed E-state index contributed by atoms with van der Waals surface area (Å²) in [5.41, 5.74) is -0.116. The van der Waals surface area contributed by atoms with E-state index in [1.807, 2.05) is 6.92 Å². The fraction of sp³-hybridized carbons (Fsp3) is 0.938. The van der Waals surface area contributed by atoms with E-state index < -0.39 is 10.0 Å². The fourth-order valence-corrected chi connectivity index (χ4v) is 5.62. The molecule has 0 bridgehead atoms. The van der Waals surface area contributed by atoms with Crippen molar-refractivity contribution in [3.8, 4) is 0 Å². The predicted octanol–water partition coefficient (Wildman–Crippen LogP) is -0.291. The molecule has 1 unspecified atom stereocenters. The first kappa shape index (κ1) is 21.7. The fourth-order valence-electron chi connectivity index (χ4n) is 3.13. The minimum Gasteiger partial charge on any atom is -0.396 e. The molecule has 8 nitrogen and oxygen atoms in total. The average molecular weight is 409 g/mol. The van der Waals surface area contributed by atoms with E-state index in [1.54, 1.807) is 16.1 Å². The van der Waals surface area contributed by atoms with Crippen molar-refractivity contribution in [2.45, 2.75) is 19.8 Å². The van der Waals surface area contributed by atoms with E-state index in [-0.39, 0.29) is 17.8 Å². The van der Waals surface area contributed by atoms with Gasteiger partial charge in [-0.3, -0.25) is 4.99 Å². The molecule has 0 radical (unpaired) electrons. The molecule has 0 aromatic carbocycles. The second kappa shape index (κ2) is 10.7. The number of hydrogen-bond donors (Lipinski definition) is 3. The first-order valence-electron chi connectivity index (χ1n) is 9.28. The van der Waals surface area contributed by atoms with Crippen LogP contribution < -0.4 is 10.6 Å². The quantitative estimate of drug-likeness (QED) is 0.356. The summed E-state index contributed by atoms with van der Waals surface area (Å²) in [6.07, 6.45) is 1.55. The number of aliphatic hydroxyl groups excluding tert-OH is 1. The topological polar surface area (TPSA) is 103 Å². The summed E-state index contributed by atoms with van der Waals surface area (Å²) in [5.74, 6) is 2.41. The van der Waals surface area contributed by atoms with Crippen LogP contribution in [0.5, 0.6) is 0 Å². The lowest BCUT2D eigenvalue weighted by atomic mass is 9.84. The number of aliphatic imine (C=N–C) groups is 1. The maximum Gasteiger partial charge on any atom is 0.215 e. The summed E-state index contributed by atoms with van der Waals surface area (Å²) < 4.78 is 31.9. The molecule has 0 aromatic heterocycles. The highest BCUT2D eigenvalue weighted by Crippen LogP contribution is 2.32. The molecule has 2 aliphatic heterocycles. The lowest BCUT2D eigenvalue weighted by molar-refractivity contribution is 0.131. The third-order valence-electron chi connectivity index (χ3n) is 4.76. The Hall–Kier alpha value is -0.550. The molecule has 0 amide bonds. The van der Waals surface area contributed by atoms with Crippen molar-refractivity contribution in [1.29, 1.82) is 0 Å². The molecule has 0 aliphatic carbocycles. The van der Waals surface area contributed by atoms with Crippen LogP contribution in [-0.2, 0) is 14.8 Å². The summed E-state index contributed by atoms with van der Waals surface area (Å²) >= 11 is 1.79. The number of aliphatic hydroxyl groups is 1. The van der Waals surface area contributed by atoms with E-state index in [4.69, 9.17) is 4.74 Å². The van der Waals surface area contributed by atoms with Gasteiger partial charge in [0, 0.05) is 56.3 Å². The summed E-state index contributed by atoms with van der Waals surface area (Å²) in [6.45, 7) is 6.18. The first-order valence-corrected chi connectivity index (χ1v) is 12.0. The molecule has 3 N–H and O–H groups in total. The molecular weight excluding hydrogens is 376 g/mol. The molecule has 0 saturated carbocycles. The molecular formula is C16H32N4O4S2. The number of guanidine groups is 1. The summed E-state index contributed by atoms with van der Waals surface area (Å²) in [7, 11) is -3.22. The molecule has 10 heteroatoms. The molecule has 1 atom stereocenters. The number of thioether (sulfide) groups is 1. The number of rotatable bonds is 9. The van der Waals surface area contributed by atoms with Gasteiger partial charge in [0.2, 0.25) is 10.0 Å². The van der Waals surface area contributed by atoms with Crippen LogP contribution in [0.2, 0.25) is 0 Å². The Balaban J connectivity index is 1.86. The third kappa shape index (κ3) is 6.56. The summed E-state index contributed by atoms with van der Waals surface area (Å²) in [5, 5.41) is 15.6. The van der Waals surface area contributed by atoms with E-state index in [1.165, 1.54) is 0 Å². The molecule has 2 heterocycles. The van der Waals surface area contributed by atoms with Crippen LogP contribution in [0.3, 0.4) is 0 Å². The number of ether oxygens (including phenoxy) is 1. The number of sulfonamides is 1. The van der Waals surface area contributed by atoms with E-state index >= 15 is 0 Å². The van der Waals surface area contributed by atoms with Gasteiger partial charge in [-0.15, -0.1) is 0 Å². The zero-order valence-corrected chi connectivity index (χ0v) is 17.2. The second-order valence-corrected chi connectivity index (χ2v) is 10.0. The standard InChI is InChI=1S/C16H32N4O4S2/c1-2-17-15(19-13-16(3-8-21)4-9-24-14-16)18-5-12-26(22,23)20-6-10-25-11-7-20/h21H,2-14H2,1H3,(H2,17,18,19). The Bertz CT molecular complexity index is 544. The molecule has 2 fully saturated rings. The Labute approximate surface area is 161 Å². The maximum absolute atomic E-state index is 12.4. The van der Waals surface area contributed by atoms with Crippen LogP contribution in [0, 0.1) is 5.41 Å². The largest absolute Gasteiger partial charge is 0.396 e. The van der Waals surface area contributed by atoms with Crippen LogP contribution in [0.15, 0.2) is 4.99 Å². The number of nitrogens with one attached hydrogen (secondary N) is 2. The van der Waals surface area contributed by atoms with Crippen LogP contribution in [0.4, 0.5) is 0 Å².